The van der Waals surface area contributed by atoms with Gasteiger partial charge in [-0.2, -0.15) is 0 Å². The minimum Gasteiger partial charge on any atom is -0.504 e. The van der Waals surface area contributed by atoms with Crippen molar-refractivity contribution in [2.45, 2.75) is 6.61 Å². The molecule has 2 aromatic rings. The van der Waals surface area contributed by atoms with E-state index in [0.717, 1.165) is 15.6 Å². The molecule has 2 rings (SSSR count). The molecule has 4 heteroatoms. The third-order valence-corrected chi connectivity index (χ3v) is 3.05. The molecular weight excluding hydrogens is 200 g/mol. The van der Waals surface area contributed by atoms with Crippen LogP contribution in [0.1, 0.15) is 5.56 Å². The summed E-state index contributed by atoms with van der Waals surface area (Å²) in [7, 11) is 1.52. The molecular formula is C10H10O3S. The lowest BCUT2D eigenvalue weighted by atomic mass is 10.1. The van der Waals surface area contributed by atoms with E-state index in [1.54, 1.807) is 0 Å². The highest BCUT2D eigenvalue weighted by Gasteiger charge is 2.12. The summed E-state index contributed by atoms with van der Waals surface area (Å²) in [4.78, 5) is 0. The van der Waals surface area contributed by atoms with E-state index in [2.05, 4.69) is 0 Å². The Labute approximate surface area is 85.2 Å². The van der Waals surface area contributed by atoms with Gasteiger partial charge in [-0.1, -0.05) is 0 Å². The molecule has 0 aliphatic heterocycles. The second kappa shape index (κ2) is 3.48. The second-order valence-electron chi connectivity index (χ2n) is 2.91. The third kappa shape index (κ3) is 1.23. The number of hydrogen-bond acceptors (Lipinski definition) is 4. The lowest BCUT2D eigenvalue weighted by Gasteiger charge is -2.07. The minimum atomic E-state index is -0.0786. The molecule has 1 heterocycles. The van der Waals surface area contributed by atoms with Crippen molar-refractivity contribution >= 4 is 21.4 Å². The summed E-state index contributed by atoms with van der Waals surface area (Å²) in [6, 6.07) is 3.45. The molecule has 0 unspecified atom stereocenters. The predicted octanol–water partition coefficient (Wildman–Crippen LogP) is 2.11. The zero-order chi connectivity index (χ0) is 10.1. The number of aliphatic hydroxyl groups is 1. The summed E-state index contributed by atoms with van der Waals surface area (Å²) in [5.41, 5.74) is 0.722. The van der Waals surface area contributed by atoms with Gasteiger partial charge in [-0.25, -0.2) is 0 Å². The number of ether oxygens (including phenoxy) is 1. The van der Waals surface area contributed by atoms with Gasteiger partial charge in [0.2, 0.25) is 0 Å². The van der Waals surface area contributed by atoms with Crippen LogP contribution in [0.15, 0.2) is 17.5 Å². The molecule has 3 nitrogen and oxygen atoms in total. The maximum Gasteiger partial charge on any atom is 0.178 e. The Bertz CT molecular complexity index is 462. The molecule has 1 aromatic heterocycles. The topological polar surface area (TPSA) is 49.7 Å². The largest absolute Gasteiger partial charge is 0.504 e. The summed E-state index contributed by atoms with van der Waals surface area (Å²) >= 11 is 1.49. The van der Waals surface area contributed by atoms with Crippen molar-refractivity contribution in [2.24, 2.45) is 0 Å². The van der Waals surface area contributed by atoms with Gasteiger partial charge in [0.1, 0.15) is 0 Å². The van der Waals surface area contributed by atoms with Crippen LogP contribution in [0.2, 0.25) is 0 Å². The first kappa shape index (κ1) is 9.30. The number of methoxy groups -OCH3 is 1. The molecule has 0 spiro atoms. The van der Waals surface area contributed by atoms with Crippen molar-refractivity contribution in [3.63, 3.8) is 0 Å². The molecule has 2 N–H and O–H groups in total. The highest BCUT2D eigenvalue weighted by atomic mass is 32.1. The Morgan fingerprint density at radius 2 is 2.29 bits per heavy atom. The lowest BCUT2D eigenvalue weighted by molar-refractivity contribution is 0.282. The lowest BCUT2D eigenvalue weighted by Crippen LogP contribution is -1.88. The number of fused-ring (bicyclic) bond motifs is 1. The average molecular weight is 210 g/mol. The predicted molar refractivity (Wildman–Crippen MR) is 56.0 cm³/mol. The van der Waals surface area contributed by atoms with Crippen molar-refractivity contribution in [2.75, 3.05) is 7.11 Å². The van der Waals surface area contributed by atoms with Crippen molar-refractivity contribution in [3.8, 4) is 11.5 Å². The molecule has 74 valence electrons. The average Bonchev–Trinajstić information content (AvgIpc) is 2.65. The second-order valence-corrected chi connectivity index (χ2v) is 3.83. The number of rotatable bonds is 2. The van der Waals surface area contributed by atoms with Crippen LogP contribution in [0.25, 0.3) is 10.1 Å². The number of aliphatic hydroxyl groups excluding tert-OH is 1. The first-order chi connectivity index (χ1) is 6.77. The van der Waals surface area contributed by atoms with Crippen LogP contribution in [0.3, 0.4) is 0 Å². The fraction of sp³-hybridized carbons (Fsp3) is 0.200. The van der Waals surface area contributed by atoms with E-state index in [1.807, 2.05) is 11.4 Å². The van der Waals surface area contributed by atoms with Gasteiger partial charge in [0.05, 0.1) is 18.4 Å². The maximum atomic E-state index is 9.61. The summed E-state index contributed by atoms with van der Waals surface area (Å²) in [6.07, 6.45) is 0. The third-order valence-electron chi connectivity index (χ3n) is 2.14. The van der Waals surface area contributed by atoms with Crippen LogP contribution in [-0.4, -0.2) is 17.3 Å². The molecule has 0 saturated carbocycles. The van der Waals surface area contributed by atoms with Gasteiger partial charge in [0.15, 0.2) is 11.5 Å². The number of phenols is 1. The molecule has 0 radical (unpaired) electrons. The molecule has 0 fully saturated rings. The zero-order valence-electron chi connectivity index (χ0n) is 7.65. The van der Waals surface area contributed by atoms with Crippen LogP contribution in [-0.2, 0) is 6.61 Å². The SMILES string of the molecule is COc1c(O)cc(CO)c2ccsc12. The van der Waals surface area contributed by atoms with Crippen LogP contribution in [0, 0.1) is 0 Å². The maximum absolute atomic E-state index is 9.61. The van der Waals surface area contributed by atoms with Gasteiger partial charge in [-0.05, 0) is 23.1 Å². The zero-order valence-corrected chi connectivity index (χ0v) is 8.47. The summed E-state index contributed by atoms with van der Waals surface area (Å²) in [5, 5.41) is 21.5. The fourth-order valence-electron chi connectivity index (χ4n) is 1.49. The Kier molecular flexibility index (Phi) is 2.31. The Balaban J connectivity index is 2.81. The van der Waals surface area contributed by atoms with E-state index in [4.69, 9.17) is 9.84 Å². The standard InChI is InChI=1S/C10H10O3S/c1-13-9-8(12)4-6(5-11)7-2-3-14-10(7)9/h2-4,11-12H,5H2,1H3. The molecule has 0 aliphatic carbocycles. The van der Waals surface area contributed by atoms with E-state index in [1.165, 1.54) is 24.5 Å². The number of phenolic OH excluding ortho intramolecular Hbond substituents is 1. The van der Waals surface area contributed by atoms with Crippen molar-refractivity contribution in [1.82, 2.24) is 0 Å². The van der Waals surface area contributed by atoms with E-state index in [0.29, 0.717) is 5.75 Å². The van der Waals surface area contributed by atoms with Crippen LogP contribution >= 0.6 is 11.3 Å². The quantitative estimate of drug-likeness (QED) is 0.798. The smallest absolute Gasteiger partial charge is 0.178 e. The van der Waals surface area contributed by atoms with Crippen molar-refractivity contribution in [3.05, 3.63) is 23.1 Å². The molecule has 0 amide bonds. The van der Waals surface area contributed by atoms with Gasteiger partial charge in [-0.15, -0.1) is 11.3 Å². The first-order valence-corrected chi connectivity index (χ1v) is 5.02. The number of thiophene rings is 1. The molecule has 0 saturated heterocycles. The van der Waals surface area contributed by atoms with E-state index in [-0.39, 0.29) is 12.4 Å². The number of benzene rings is 1. The summed E-state index contributed by atoms with van der Waals surface area (Å²) in [6.45, 7) is -0.0786. The van der Waals surface area contributed by atoms with Crippen LogP contribution in [0.4, 0.5) is 0 Å². The molecule has 1 aromatic carbocycles. The van der Waals surface area contributed by atoms with Gasteiger partial charge in [0.25, 0.3) is 0 Å². The van der Waals surface area contributed by atoms with E-state index >= 15 is 0 Å². The van der Waals surface area contributed by atoms with Crippen molar-refractivity contribution < 1.29 is 14.9 Å². The van der Waals surface area contributed by atoms with Gasteiger partial charge >= 0.3 is 0 Å². The van der Waals surface area contributed by atoms with Crippen LogP contribution < -0.4 is 4.74 Å². The summed E-state index contributed by atoms with van der Waals surface area (Å²) < 4.78 is 5.97. The normalized spacial score (nSPS) is 10.7. The fourth-order valence-corrected chi connectivity index (χ4v) is 2.45. The number of aromatic hydroxyl groups is 1. The van der Waals surface area contributed by atoms with E-state index < -0.39 is 0 Å². The molecule has 0 aliphatic rings. The Morgan fingerprint density at radius 1 is 1.50 bits per heavy atom. The number of hydrogen-bond donors (Lipinski definition) is 2. The van der Waals surface area contributed by atoms with Crippen molar-refractivity contribution in [1.29, 1.82) is 0 Å². The Hall–Kier alpha value is -1.26. The molecule has 0 bridgehead atoms. The highest BCUT2D eigenvalue weighted by Crippen LogP contribution is 2.40. The summed E-state index contributed by atoms with van der Waals surface area (Å²) in [5.74, 6) is 0.554. The van der Waals surface area contributed by atoms with Crippen LogP contribution in [0.5, 0.6) is 11.5 Å². The van der Waals surface area contributed by atoms with Gasteiger partial charge < -0.3 is 14.9 Å². The van der Waals surface area contributed by atoms with E-state index in [9.17, 15) is 5.11 Å². The highest BCUT2D eigenvalue weighted by molar-refractivity contribution is 7.17. The molecule has 0 atom stereocenters. The Morgan fingerprint density at radius 3 is 2.93 bits per heavy atom. The molecule has 14 heavy (non-hydrogen) atoms. The van der Waals surface area contributed by atoms with Gasteiger partial charge in [0, 0.05) is 5.39 Å². The monoisotopic (exact) mass is 210 g/mol. The minimum absolute atomic E-state index is 0.0755. The first-order valence-electron chi connectivity index (χ1n) is 4.14. The van der Waals surface area contributed by atoms with Gasteiger partial charge in [-0.3, -0.25) is 0 Å².